The molecule has 0 fully saturated rings. The van der Waals surface area contributed by atoms with Crippen LogP contribution in [0.4, 0.5) is 0 Å². The highest BCUT2D eigenvalue weighted by Gasteiger charge is 2.13. The Hall–Kier alpha value is -2.07. The van der Waals surface area contributed by atoms with Crippen molar-refractivity contribution < 1.29 is 4.42 Å². The van der Waals surface area contributed by atoms with Crippen LogP contribution in [0, 0.1) is 0 Å². The second-order valence-corrected chi connectivity index (χ2v) is 4.70. The van der Waals surface area contributed by atoms with Gasteiger partial charge in [-0.05, 0) is 31.0 Å². The van der Waals surface area contributed by atoms with Gasteiger partial charge in [0.25, 0.3) is 0 Å². The highest BCUT2D eigenvalue weighted by Crippen LogP contribution is 2.24. The van der Waals surface area contributed by atoms with E-state index in [1.807, 2.05) is 47.4 Å². The van der Waals surface area contributed by atoms with Crippen LogP contribution in [0.3, 0.4) is 0 Å². The van der Waals surface area contributed by atoms with Crippen LogP contribution in [-0.2, 0) is 13.0 Å². The molecule has 0 saturated heterocycles. The number of para-hydroxylation sites is 1. The van der Waals surface area contributed by atoms with Crippen molar-refractivity contribution in [1.82, 2.24) is 9.78 Å². The highest BCUT2D eigenvalue weighted by molar-refractivity contribution is 5.77. The SMILES string of the molecule is CCn1cc(CC(N)c2cc3ccccc3o2)cn1. The van der Waals surface area contributed by atoms with Crippen LogP contribution >= 0.6 is 0 Å². The van der Waals surface area contributed by atoms with E-state index in [4.69, 9.17) is 10.2 Å². The van der Waals surface area contributed by atoms with Gasteiger partial charge in [-0.2, -0.15) is 5.10 Å². The number of benzene rings is 1. The molecular weight excluding hydrogens is 238 g/mol. The quantitative estimate of drug-likeness (QED) is 0.779. The van der Waals surface area contributed by atoms with Crippen LogP contribution in [0.5, 0.6) is 0 Å². The lowest BCUT2D eigenvalue weighted by Gasteiger charge is -2.06. The molecule has 0 aliphatic rings. The molecule has 4 heteroatoms. The Morgan fingerprint density at radius 2 is 2.21 bits per heavy atom. The van der Waals surface area contributed by atoms with Gasteiger partial charge in [0.15, 0.2) is 0 Å². The van der Waals surface area contributed by atoms with Gasteiger partial charge < -0.3 is 10.2 Å². The topological polar surface area (TPSA) is 57.0 Å². The van der Waals surface area contributed by atoms with Gasteiger partial charge in [-0.15, -0.1) is 0 Å². The molecule has 3 rings (SSSR count). The summed E-state index contributed by atoms with van der Waals surface area (Å²) < 4.78 is 7.69. The zero-order valence-electron chi connectivity index (χ0n) is 10.9. The summed E-state index contributed by atoms with van der Waals surface area (Å²) in [5.41, 5.74) is 8.23. The van der Waals surface area contributed by atoms with Gasteiger partial charge in [-0.25, -0.2) is 0 Å². The predicted molar refractivity (Wildman–Crippen MR) is 74.7 cm³/mol. The summed E-state index contributed by atoms with van der Waals surface area (Å²) in [6, 6.07) is 9.84. The van der Waals surface area contributed by atoms with Crippen molar-refractivity contribution in [2.24, 2.45) is 5.73 Å². The van der Waals surface area contributed by atoms with E-state index in [0.29, 0.717) is 0 Å². The van der Waals surface area contributed by atoms with Gasteiger partial charge >= 0.3 is 0 Å². The van der Waals surface area contributed by atoms with Crippen LogP contribution in [0.2, 0.25) is 0 Å². The number of aryl methyl sites for hydroxylation is 1. The summed E-state index contributed by atoms with van der Waals surface area (Å²) >= 11 is 0. The van der Waals surface area contributed by atoms with Crippen LogP contribution < -0.4 is 5.73 Å². The number of nitrogens with two attached hydrogens (primary N) is 1. The second-order valence-electron chi connectivity index (χ2n) is 4.70. The maximum Gasteiger partial charge on any atom is 0.134 e. The monoisotopic (exact) mass is 255 g/mol. The van der Waals surface area contributed by atoms with Gasteiger partial charge in [0.2, 0.25) is 0 Å². The van der Waals surface area contributed by atoms with E-state index in [-0.39, 0.29) is 6.04 Å². The fourth-order valence-electron chi connectivity index (χ4n) is 2.22. The maximum atomic E-state index is 6.21. The Morgan fingerprint density at radius 3 is 2.95 bits per heavy atom. The Balaban J connectivity index is 1.81. The summed E-state index contributed by atoms with van der Waals surface area (Å²) in [6.07, 6.45) is 4.63. The van der Waals surface area contributed by atoms with E-state index in [0.717, 1.165) is 35.3 Å². The number of fused-ring (bicyclic) bond motifs is 1. The van der Waals surface area contributed by atoms with E-state index < -0.39 is 0 Å². The molecular formula is C15H17N3O. The van der Waals surface area contributed by atoms with Crippen LogP contribution in [0.25, 0.3) is 11.0 Å². The van der Waals surface area contributed by atoms with Crippen molar-refractivity contribution >= 4 is 11.0 Å². The molecule has 0 saturated carbocycles. The van der Waals surface area contributed by atoms with E-state index in [1.54, 1.807) is 0 Å². The summed E-state index contributed by atoms with van der Waals surface area (Å²) in [6.45, 7) is 2.94. The van der Waals surface area contributed by atoms with E-state index in [1.165, 1.54) is 0 Å². The van der Waals surface area contributed by atoms with Gasteiger partial charge in [-0.3, -0.25) is 4.68 Å². The first kappa shape index (κ1) is 12.0. The molecule has 0 amide bonds. The number of hydrogen-bond donors (Lipinski definition) is 1. The minimum absolute atomic E-state index is 0.137. The molecule has 0 spiro atoms. The minimum atomic E-state index is -0.137. The molecule has 98 valence electrons. The summed E-state index contributed by atoms with van der Waals surface area (Å²) in [4.78, 5) is 0. The second kappa shape index (κ2) is 4.90. The molecule has 1 aromatic carbocycles. The van der Waals surface area contributed by atoms with Crippen LogP contribution in [0.1, 0.15) is 24.3 Å². The van der Waals surface area contributed by atoms with Gasteiger partial charge in [0, 0.05) is 18.1 Å². The molecule has 2 N–H and O–H groups in total. The lowest BCUT2D eigenvalue weighted by Crippen LogP contribution is -2.12. The lowest BCUT2D eigenvalue weighted by atomic mass is 10.1. The third-order valence-corrected chi connectivity index (χ3v) is 3.28. The smallest absolute Gasteiger partial charge is 0.134 e. The average molecular weight is 255 g/mol. The molecule has 0 radical (unpaired) electrons. The van der Waals surface area contributed by atoms with Crippen molar-refractivity contribution in [1.29, 1.82) is 0 Å². The third-order valence-electron chi connectivity index (χ3n) is 3.28. The first-order valence-corrected chi connectivity index (χ1v) is 6.51. The Morgan fingerprint density at radius 1 is 1.37 bits per heavy atom. The third kappa shape index (κ3) is 2.39. The maximum absolute atomic E-state index is 6.21. The molecule has 1 atom stereocenters. The zero-order valence-corrected chi connectivity index (χ0v) is 10.9. The fraction of sp³-hybridized carbons (Fsp3) is 0.267. The number of nitrogens with zero attached hydrogens (tertiary/aromatic N) is 2. The molecule has 1 unspecified atom stereocenters. The first-order valence-electron chi connectivity index (χ1n) is 6.51. The molecule has 0 aliphatic carbocycles. The Kier molecular flexibility index (Phi) is 3.09. The van der Waals surface area contributed by atoms with Crippen molar-refractivity contribution in [2.45, 2.75) is 25.9 Å². The lowest BCUT2D eigenvalue weighted by molar-refractivity contribution is 0.494. The van der Waals surface area contributed by atoms with Crippen molar-refractivity contribution in [3.8, 4) is 0 Å². The zero-order chi connectivity index (χ0) is 13.2. The summed E-state index contributed by atoms with van der Waals surface area (Å²) in [5, 5.41) is 5.35. The van der Waals surface area contributed by atoms with Crippen LogP contribution in [0.15, 0.2) is 47.1 Å². The molecule has 4 nitrogen and oxygen atoms in total. The predicted octanol–water partition coefficient (Wildman–Crippen LogP) is 2.89. The van der Waals surface area contributed by atoms with Crippen LogP contribution in [-0.4, -0.2) is 9.78 Å². The molecule has 3 aromatic rings. The molecule has 19 heavy (non-hydrogen) atoms. The number of aromatic nitrogens is 2. The van der Waals surface area contributed by atoms with E-state index in [9.17, 15) is 0 Å². The summed E-state index contributed by atoms with van der Waals surface area (Å²) in [5.74, 6) is 0.824. The molecule has 2 aromatic heterocycles. The first-order chi connectivity index (χ1) is 9.26. The Bertz CT molecular complexity index is 650. The Labute approximate surface area is 111 Å². The van der Waals surface area contributed by atoms with Gasteiger partial charge in [0.1, 0.15) is 11.3 Å². The fourth-order valence-corrected chi connectivity index (χ4v) is 2.22. The number of hydrogen-bond acceptors (Lipinski definition) is 3. The molecule has 2 heterocycles. The van der Waals surface area contributed by atoms with Gasteiger partial charge in [-0.1, -0.05) is 18.2 Å². The number of furan rings is 1. The normalized spacial score (nSPS) is 12.9. The number of rotatable bonds is 4. The molecule has 0 bridgehead atoms. The van der Waals surface area contributed by atoms with Gasteiger partial charge in [0.05, 0.1) is 12.2 Å². The van der Waals surface area contributed by atoms with Crippen molar-refractivity contribution in [3.63, 3.8) is 0 Å². The van der Waals surface area contributed by atoms with Crippen molar-refractivity contribution in [2.75, 3.05) is 0 Å². The molecule has 0 aliphatic heterocycles. The largest absolute Gasteiger partial charge is 0.459 e. The minimum Gasteiger partial charge on any atom is -0.459 e. The highest BCUT2D eigenvalue weighted by atomic mass is 16.3. The summed E-state index contributed by atoms with van der Waals surface area (Å²) in [7, 11) is 0. The van der Waals surface area contributed by atoms with E-state index >= 15 is 0 Å². The average Bonchev–Trinajstić information content (AvgIpc) is 3.04. The standard InChI is InChI=1S/C15H17N3O/c1-2-18-10-11(9-17-18)7-13(16)15-8-12-5-3-4-6-14(12)19-15/h3-6,8-10,13H,2,7,16H2,1H3. The van der Waals surface area contributed by atoms with Crippen molar-refractivity contribution in [3.05, 3.63) is 54.0 Å². The van der Waals surface area contributed by atoms with E-state index in [2.05, 4.69) is 12.0 Å².